The van der Waals surface area contributed by atoms with Gasteiger partial charge in [0.1, 0.15) is 0 Å². The fourth-order valence-electron chi connectivity index (χ4n) is 0.883. The van der Waals surface area contributed by atoms with Crippen molar-refractivity contribution >= 4 is 43.3 Å². The van der Waals surface area contributed by atoms with Crippen LogP contribution in [0.15, 0.2) is 28.6 Å². The predicted molar refractivity (Wildman–Crippen MR) is 55.6 cm³/mol. The zero-order valence-corrected chi connectivity index (χ0v) is 9.47. The molecule has 0 saturated carbocycles. The molecule has 12 nitrogen and oxygen atoms in total. The molecule has 0 aromatic heterocycles. The van der Waals surface area contributed by atoms with Gasteiger partial charge in [-0.3, -0.25) is 0 Å². The van der Waals surface area contributed by atoms with E-state index >= 15 is 0 Å². The normalized spacial score (nSPS) is 12.0. The van der Waals surface area contributed by atoms with Gasteiger partial charge in [-0.1, -0.05) is 0 Å². The predicted octanol–water partition coefficient (Wildman–Crippen LogP) is -0.420. The summed E-state index contributed by atoms with van der Waals surface area (Å²) in [6, 6.07) is 0. The number of hydrogen-bond acceptors (Lipinski definition) is 12. The third-order valence-corrected chi connectivity index (χ3v) is 4.76. The van der Waals surface area contributed by atoms with E-state index in [-0.39, 0.29) is 0 Å². The van der Waals surface area contributed by atoms with Crippen LogP contribution in [0.4, 0.5) is 0 Å². The zero-order valence-electron chi connectivity index (χ0n) is 8.58. The van der Waals surface area contributed by atoms with Gasteiger partial charge in [-0.25, -0.2) is 0 Å². The van der Waals surface area contributed by atoms with Crippen molar-refractivity contribution < 1.29 is 28.8 Å². The van der Waals surface area contributed by atoms with Gasteiger partial charge in [0.25, 0.3) is 0 Å². The van der Waals surface area contributed by atoms with E-state index in [1.165, 1.54) is 0 Å². The van der Waals surface area contributed by atoms with Crippen molar-refractivity contribution in [2.24, 2.45) is 28.6 Å². The molecular formula is C6N6O6P-. The van der Waals surface area contributed by atoms with Crippen LogP contribution in [-0.4, -0.2) is 36.5 Å². The standard InChI is InChI=1S/C6N6O6P/c13-1-7-19(8-2-14,9-3-15,10-4-16,11-5-17)12-6-18/q-1. The van der Waals surface area contributed by atoms with Crippen LogP contribution in [-0.2, 0) is 28.8 Å². The van der Waals surface area contributed by atoms with Crippen LogP contribution in [0.1, 0.15) is 0 Å². The minimum absolute atomic E-state index is 0.687. The molecule has 0 N–H and O–H groups in total. The number of rotatable bonds is 6. The van der Waals surface area contributed by atoms with Gasteiger partial charge >= 0.3 is 101 Å². The Morgan fingerprint density at radius 3 is 0.684 bits per heavy atom. The molecule has 0 radical (unpaired) electrons. The maximum atomic E-state index is 10.4. The second-order valence-electron chi connectivity index (χ2n) is 2.49. The van der Waals surface area contributed by atoms with Gasteiger partial charge in [0.15, 0.2) is 0 Å². The Labute approximate surface area is 101 Å². The fourth-order valence-corrected chi connectivity index (χ4v) is 2.65. The van der Waals surface area contributed by atoms with Crippen LogP contribution in [0.3, 0.4) is 0 Å². The van der Waals surface area contributed by atoms with Crippen molar-refractivity contribution in [3.8, 4) is 0 Å². The third kappa shape index (κ3) is 2.22. The maximum absolute atomic E-state index is 10.4. The summed E-state index contributed by atoms with van der Waals surface area (Å²) in [6.45, 7) is -6.89. The van der Waals surface area contributed by atoms with Crippen LogP contribution < -0.4 is 0 Å². The second kappa shape index (κ2) is 4.92. The molecule has 0 aliphatic carbocycles. The van der Waals surface area contributed by atoms with Crippen LogP contribution in [0, 0.1) is 0 Å². The van der Waals surface area contributed by atoms with Crippen molar-refractivity contribution in [1.29, 1.82) is 0 Å². The first-order chi connectivity index (χ1) is 8.97. The van der Waals surface area contributed by atoms with Gasteiger partial charge in [0.2, 0.25) is 0 Å². The Morgan fingerprint density at radius 1 is 0.421 bits per heavy atom. The molecule has 96 valence electrons. The Kier molecular flexibility index (Phi) is 4.07. The van der Waals surface area contributed by atoms with E-state index in [2.05, 4.69) is 28.6 Å². The summed E-state index contributed by atoms with van der Waals surface area (Å²) in [5, 5.41) is 0. The molecule has 0 amide bonds. The summed E-state index contributed by atoms with van der Waals surface area (Å²) in [5.41, 5.74) is 0. The molecule has 0 aromatic rings. The summed E-state index contributed by atoms with van der Waals surface area (Å²) in [6.07, 6.45) is 4.12. The summed E-state index contributed by atoms with van der Waals surface area (Å²) in [5.74, 6) is 0. The Morgan fingerprint density at radius 2 is 0.579 bits per heavy atom. The van der Waals surface area contributed by atoms with E-state index in [1.54, 1.807) is 0 Å². The van der Waals surface area contributed by atoms with E-state index in [0.29, 0.717) is 36.5 Å². The molecule has 19 heavy (non-hydrogen) atoms. The molecule has 0 bridgehead atoms. The Balaban J connectivity index is 7.86. The van der Waals surface area contributed by atoms with Gasteiger partial charge in [0.05, 0.1) is 0 Å². The first-order valence-corrected chi connectivity index (χ1v) is 6.17. The van der Waals surface area contributed by atoms with Crippen molar-refractivity contribution in [3.05, 3.63) is 0 Å². The number of nitrogens with zero attached hydrogens (tertiary/aromatic N) is 6. The van der Waals surface area contributed by atoms with E-state index in [9.17, 15) is 28.8 Å². The molecule has 0 heterocycles. The third-order valence-electron chi connectivity index (χ3n) is 1.59. The van der Waals surface area contributed by atoms with E-state index in [4.69, 9.17) is 0 Å². The summed E-state index contributed by atoms with van der Waals surface area (Å²) in [4.78, 5) is 62.4. The van der Waals surface area contributed by atoms with E-state index in [0.717, 1.165) is 0 Å². The molecule has 0 atom stereocenters. The van der Waals surface area contributed by atoms with Gasteiger partial charge in [-0.15, -0.1) is 0 Å². The quantitative estimate of drug-likeness (QED) is 0.363. The SMILES string of the molecule is O=C=N[P-](N=C=O)(N=C=O)(N=C=O)(N=C=O)N=C=O. The number of carbonyl (C=O) groups excluding carboxylic acids is 6. The van der Waals surface area contributed by atoms with Crippen molar-refractivity contribution in [2.75, 3.05) is 0 Å². The second-order valence-corrected chi connectivity index (χ2v) is 6.37. The van der Waals surface area contributed by atoms with Gasteiger partial charge < -0.3 is 0 Å². The van der Waals surface area contributed by atoms with Gasteiger partial charge in [-0.2, -0.15) is 0 Å². The fraction of sp³-hybridized carbons (Fsp3) is 0. The van der Waals surface area contributed by atoms with Crippen molar-refractivity contribution in [1.82, 2.24) is 0 Å². The molecule has 0 rings (SSSR count). The summed E-state index contributed by atoms with van der Waals surface area (Å²) in [7, 11) is 0. The first-order valence-electron chi connectivity index (χ1n) is 3.77. The zero-order chi connectivity index (χ0) is 14.9. The summed E-state index contributed by atoms with van der Waals surface area (Å²) < 4.78 is 15.9. The van der Waals surface area contributed by atoms with Crippen molar-refractivity contribution in [3.63, 3.8) is 0 Å². The monoisotopic (exact) mass is 283 g/mol. The number of isocyanates is 6. The van der Waals surface area contributed by atoms with E-state index in [1.807, 2.05) is 0 Å². The first kappa shape index (κ1) is 15.7. The van der Waals surface area contributed by atoms with Crippen LogP contribution >= 0.6 is 6.85 Å². The topological polar surface area (TPSA) is 177 Å². The number of hydrogen-bond donors (Lipinski definition) is 0. The van der Waals surface area contributed by atoms with Crippen molar-refractivity contribution in [2.45, 2.75) is 0 Å². The Hall–Kier alpha value is -3.29. The molecule has 0 fully saturated rings. The molecule has 0 aromatic carbocycles. The molecular weight excluding hydrogens is 283 g/mol. The molecule has 0 aliphatic heterocycles. The van der Waals surface area contributed by atoms with Gasteiger partial charge in [-0.05, 0) is 0 Å². The van der Waals surface area contributed by atoms with Gasteiger partial charge in [0, 0.05) is 0 Å². The average molecular weight is 283 g/mol. The minimum atomic E-state index is -6.89. The van der Waals surface area contributed by atoms with E-state index < -0.39 is 6.85 Å². The summed E-state index contributed by atoms with van der Waals surface area (Å²) >= 11 is 0. The molecule has 0 aliphatic rings. The van der Waals surface area contributed by atoms with Crippen LogP contribution in [0.2, 0.25) is 0 Å². The van der Waals surface area contributed by atoms with Crippen LogP contribution in [0.25, 0.3) is 0 Å². The Bertz CT molecular complexity index is 545. The molecule has 13 heteroatoms. The molecule has 0 unspecified atom stereocenters. The molecule has 0 saturated heterocycles. The van der Waals surface area contributed by atoms with Crippen LogP contribution in [0.5, 0.6) is 0 Å². The molecule has 0 spiro atoms. The average Bonchev–Trinajstić information content (AvgIpc) is 2.31.